The number of hydrogen-bond donors (Lipinski definition) is 0. The second-order valence-electron chi connectivity index (χ2n) is 7.14. The largest absolute Gasteiger partial charge is 0.469 e. The molecule has 0 aliphatic heterocycles. The van der Waals surface area contributed by atoms with E-state index in [9.17, 15) is 14.0 Å². The van der Waals surface area contributed by atoms with Gasteiger partial charge < -0.3 is 9.64 Å². The molecule has 1 amide bonds. The number of hydrogen-bond acceptors (Lipinski definition) is 3. The summed E-state index contributed by atoms with van der Waals surface area (Å²) in [7, 11) is 6.99. The molecule has 0 bridgehead atoms. The Balaban J connectivity index is 1.68. The number of carbonyl (C=O) groups is 2. The van der Waals surface area contributed by atoms with Crippen molar-refractivity contribution in [3.8, 4) is 0 Å². The highest BCUT2D eigenvalue weighted by Crippen LogP contribution is 2.37. The minimum atomic E-state index is -0.560. The molecule has 0 unspecified atom stereocenters. The van der Waals surface area contributed by atoms with Gasteiger partial charge in [-0.3, -0.25) is 9.59 Å². The first-order valence-corrected chi connectivity index (χ1v) is 8.94. The van der Waals surface area contributed by atoms with Crippen molar-refractivity contribution in [2.45, 2.75) is 57.0 Å². The van der Waals surface area contributed by atoms with Crippen molar-refractivity contribution >= 4 is 25.2 Å². The Morgan fingerprint density at radius 2 is 1.76 bits per heavy atom. The van der Waals surface area contributed by atoms with Crippen molar-refractivity contribution in [1.82, 2.24) is 4.90 Å². The number of benzene rings is 1. The first kappa shape index (κ1) is 18.0. The molecule has 2 fully saturated rings. The lowest BCUT2D eigenvalue weighted by atomic mass is 9.83. The van der Waals surface area contributed by atoms with E-state index in [4.69, 9.17) is 12.6 Å². The van der Waals surface area contributed by atoms with E-state index in [1.807, 2.05) is 4.90 Å². The van der Waals surface area contributed by atoms with Crippen LogP contribution in [-0.4, -0.2) is 43.8 Å². The van der Waals surface area contributed by atoms with E-state index >= 15 is 0 Å². The maximum Gasteiger partial charge on any atom is 0.305 e. The van der Waals surface area contributed by atoms with Gasteiger partial charge in [-0.05, 0) is 56.6 Å². The van der Waals surface area contributed by atoms with Crippen molar-refractivity contribution in [2.75, 3.05) is 7.11 Å². The third-order valence-corrected chi connectivity index (χ3v) is 5.29. The molecule has 25 heavy (non-hydrogen) atoms. The van der Waals surface area contributed by atoms with E-state index in [2.05, 4.69) is 0 Å². The van der Waals surface area contributed by atoms with Crippen molar-refractivity contribution in [3.05, 3.63) is 29.6 Å². The van der Waals surface area contributed by atoms with Crippen LogP contribution in [0.15, 0.2) is 18.2 Å². The van der Waals surface area contributed by atoms with Gasteiger partial charge in [-0.15, -0.1) is 0 Å². The summed E-state index contributed by atoms with van der Waals surface area (Å²) >= 11 is 0. The number of halogens is 1. The molecule has 1 aromatic carbocycles. The first-order valence-electron chi connectivity index (χ1n) is 8.94. The standard InChI is InChI=1S/C19H23BFNO3/c1-25-18(23)10-12-2-5-14(6-3-12)22(15-7-8-15)19(24)16-9-4-13(20)11-17(16)21/h4,9,11-12,14-15H,2-3,5-8,10H2,1H3. The molecular formula is C19H23BFNO3. The highest BCUT2D eigenvalue weighted by atomic mass is 19.1. The fourth-order valence-corrected chi connectivity index (χ4v) is 3.77. The van der Waals surface area contributed by atoms with Crippen LogP contribution in [0.4, 0.5) is 4.39 Å². The maximum atomic E-state index is 14.2. The number of esters is 1. The smallest absolute Gasteiger partial charge is 0.305 e. The molecule has 2 saturated carbocycles. The van der Waals surface area contributed by atoms with Crippen molar-refractivity contribution < 1.29 is 18.7 Å². The third kappa shape index (κ3) is 4.22. The zero-order valence-corrected chi connectivity index (χ0v) is 14.5. The van der Waals surface area contributed by atoms with E-state index in [0.717, 1.165) is 38.5 Å². The number of rotatable bonds is 5. The maximum absolute atomic E-state index is 14.2. The summed E-state index contributed by atoms with van der Waals surface area (Å²) in [4.78, 5) is 26.2. The van der Waals surface area contributed by atoms with Gasteiger partial charge in [0, 0.05) is 18.5 Å². The summed E-state index contributed by atoms with van der Waals surface area (Å²) in [6, 6.07) is 4.57. The lowest BCUT2D eigenvalue weighted by molar-refractivity contribution is -0.142. The topological polar surface area (TPSA) is 46.6 Å². The molecule has 0 N–H and O–H groups in total. The van der Waals surface area contributed by atoms with Crippen LogP contribution in [0.2, 0.25) is 0 Å². The number of ether oxygens (including phenoxy) is 1. The molecule has 2 aliphatic rings. The predicted octanol–water partition coefficient (Wildman–Crippen LogP) is 2.35. The van der Waals surface area contributed by atoms with Gasteiger partial charge in [-0.2, -0.15) is 0 Å². The minimum Gasteiger partial charge on any atom is -0.469 e. The Labute approximate surface area is 149 Å². The average Bonchev–Trinajstić information content (AvgIpc) is 3.41. The molecule has 4 nitrogen and oxygen atoms in total. The van der Waals surface area contributed by atoms with Crippen LogP contribution in [0, 0.1) is 11.7 Å². The van der Waals surface area contributed by atoms with Crippen LogP contribution in [0.3, 0.4) is 0 Å². The van der Waals surface area contributed by atoms with Crippen LogP contribution in [0.5, 0.6) is 0 Å². The molecule has 0 saturated heterocycles. The molecule has 3 rings (SSSR count). The molecule has 1 aromatic rings. The lowest BCUT2D eigenvalue weighted by Crippen LogP contribution is -2.44. The Kier molecular flexibility index (Phi) is 5.45. The van der Waals surface area contributed by atoms with E-state index < -0.39 is 5.82 Å². The van der Waals surface area contributed by atoms with Crippen molar-refractivity contribution in [3.63, 3.8) is 0 Å². The van der Waals surface area contributed by atoms with Crippen LogP contribution in [-0.2, 0) is 9.53 Å². The van der Waals surface area contributed by atoms with Gasteiger partial charge in [0.2, 0.25) is 0 Å². The summed E-state index contributed by atoms with van der Waals surface area (Å²) in [5.74, 6) is -0.665. The molecule has 0 atom stereocenters. The number of nitrogens with zero attached hydrogens (tertiary/aromatic N) is 1. The van der Waals surface area contributed by atoms with Gasteiger partial charge in [0.25, 0.3) is 5.91 Å². The number of carbonyl (C=O) groups excluding carboxylic acids is 2. The second kappa shape index (κ2) is 7.59. The first-order chi connectivity index (χ1) is 12.0. The quantitative estimate of drug-likeness (QED) is 0.609. The molecule has 0 spiro atoms. The number of methoxy groups -OCH3 is 1. The Morgan fingerprint density at radius 1 is 1.16 bits per heavy atom. The van der Waals surface area contributed by atoms with Crippen LogP contribution >= 0.6 is 0 Å². The zero-order chi connectivity index (χ0) is 18.0. The van der Waals surface area contributed by atoms with Crippen LogP contribution < -0.4 is 5.46 Å². The van der Waals surface area contributed by atoms with Crippen LogP contribution in [0.1, 0.15) is 55.3 Å². The monoisotopic (exact) mass is 343 g/mol. The second-order valence-corrected chi connectivity index (χ2v) is 7.14. The lowest BCUT2D eigenvalue weighted by Gasteiger charge is -2.37. The Hall–Kier alpha value is -1.85. The van der Waals surface area contributed by atoms with Gasteiger partial charge in [-0.25, -0.2) is 4.39 Å². The van der Waals surface area contributed by atoms with Crippen LogP contribution in [0.25, 0.3) is 0 Å². The van der Waals surface area contributed by atoms with Gasteiger partial charge in [-0.1, -0.05) is 11.5 Å². The molecule has 2 radical (unpaired) electrons. The molecular weight excluding hydrogens is 320 g/mol. The van der Waals surface area contributed by atoms with E-state index in [1.54, 1.807) is 6.07 Å². The summed E-state index contributed by atoms with van der Waals surface area (Å²) < 4.78 is 18.9. The fourth-order valence-electron chi connectivity index (χ4n) is 3.77. The van der Waals surface area contributed by atoms with Crippen molar-refractivity contribution in [2.24, 2.45) is 5.92 Å². The summed E-state index contributed by atoms with van der Waals surface area (Å²) in [5.41, 5.74) is 0.410. The summed E-state index contributed by atoms with van der Waals surface area (Å²) in [5, 5.41) is 0. The van der Waals surface area contributed by atoms with Crippen molar-refractivity contribution in [1.29, 1.82) is 0 Å². The molecule has 0 heterocycles. The van der Waals surface area contributed by atoms with Gasteiger partial charge >= 0.3 is 5.97 Å². The Bertz CT molecular complexity index is 654. The normalized spacial score (nSPS) is 23.1. The molecule has 6 heteroatoms. The van der Waals surface area contributed by atoms with E-state index in [0.29, 0.717) is 17.8 Å². The van der Waals surface area contributed by atoms with E-state index in [-0.39, 0.29) is 29.5 Å². The predicted molar refractivity (Wildman–Crippen MR) is 93.4 cm³/mol. The SMILES string of the molecule is [B]c1ccc(C(=O)N(C2CCC(CC(=O)OC)CC2)C2CC2)c(F)c1. The fraction of sp³-hybridized carbons (Fsp3) is 0.579. The minimum absolute atomic E-state index is 0.0952. The van der Waals surface area contributed by atoms with Gasteiger partial charge in [0.05, 0.1) is 12.7 Å². The zero-order valence-electron chi connectivity index (χ0n) is 14.5. The average molecular weight is 343 g/mol. The molecule has 0 aromatic heterocycles. The highest BCUT2D eigenvalue weighted by Gasteiger charge is 2.40. The van der Waals surface area contributed by atoms with E-state index in [1.165, 1.54) is 19.2 Å². The highest BCUT2D eigenvalue weighted by molar-refractivity contribution is 6.32. The number of amides is 1. The molecule has 132 valence electrons. The van der Waals surface area contributed by atoms with Gasteiger partial charge in [0.15, 0.2) is 0 Å². The molecule has 2 aliphatic carbocycles. The summed E-state index contributed by atoms with van der Waals surface area (Å²) in [6.45, 7) is 0. The van der Waals surface area contributed by atoms with Gasteiger partial charge in [0.1, 0.15) is 13.7 Å². The Morgan fingerprint density at radius 3 is 2.28 bits per heavy atom. The summed E-state index contributed by atoms with van der Waals surface area (Å²) in [6.07, 6.45) is 5.87. The third-order valence-electron chi connectivity index (χ3n) is 5.29.